The van der Waals surface area contributed by atoms with Crippen LogP contribution in [-0.4, -0.2) is 19.8 Å². The van der Waals surface area contributed by atoms with Crippen molar-refractivity contribution in [2.75, 3.05) is 0 Å². The second-order valence-electron chi connectivity index (χ2n) is 4.51. The van der Waals surface area contributed by atoms with E-state index in [0.717, 1.165) is 6.08 Å². The lowest BCUT2D eigenvalue weighted by Gasteiger charge is -2.12. The summed E-state index contributed by atoms with van der Waals surface area (Å²) in [5, 5.41) is 0. The SMILES string of the molecule is O=S(=O)(OC1=CC2CC(F)(F)CC2C1)C(F)(F)F. The second-order valence-corrected chi connectivity index (χ2v) is 6.05. The number of fused-ring (bicyclic) bond motifs is 1. The lowest BCUT2D eigenvalue weighted by atomic mass is 10.0. The highest BCUT2D eigenvalue weighted by molar-refractivity contribution is 7.87. The highest BCUT2D eigenvalue weighted by Crippen LogP contribution is 2.50. The molecule has 0 bridgehead atoms. The van der Waals surface area contributed by atoms with Crippen LogP contribution in [0.5, 0.6) is 0 Å². The second kappa shape index (κ2) is 3.82. The minimum absolute atomic E-state index is 0.199. The summed E-state index contributed by atoms with van der Waals surface area (Å²) < 4.78 is 87.4. The van der Waals surface area contributed by atoms with Crippen molar-refractivity contribution in [3.05, 3.63) is 11.8 Å². The molecule has 2 aliphatic rings. The van der Waals surface area contributed by atoms with E-state index in [1.54, 1.807) is 0 Å². The first-order valence-corrected chi connectivity index (χ1v) is 6.50. The van der Waals surface area contributed by atoms with Crippen molar-refractivity contribution >= 4 is 10.1 Å². The Balaban J connectivity index is 2.08. The number of halogens is 5. The molecule has 0 N–H and O–H groups in total. The van der Waals surface area contributed by atoms with E-state index in [4.69, 9.17) is 0 Å². The van der Waals surface area contributed by atoms with E-state index < -0.39 is 52.0 Å². The molecule has 0 aromatic rings. The summed E-state index contributed by atoms with van der Waals surface area (Å²) in [5.74, 6) is -4.38. The Bertz CT molecular complexity index is 479. The molecule has 0 aromatic heterocycles. The topological polar surface area (TPSA) is 43.4 Å². The highest BCUT2D eigenvalue weighted by atomic mass is 32.2. The van der Waals surface area contributed by atoms with E-state index in [-0.39, 0.29) is 6.42 Å². The molecule has 0 aliphatic heterocycles. The van der Waals surface area contributed by atoms with Gasteiger partial charge in [0.25, 0.3) is 0 Å². The van der Waals surface area contributed by atoms with Crippen molar-refractivity contribution in [3.8, 4) is 0 Å². The zero-order valence-electron chi connectivity index (χ0n) is 8.88. The molecule has 0 aromatic carbocycles. The van der Waals surface area contributed by atoms with E-state index in [9.17, 15) is 30.4 Å². The summed E-state index contributed by atoms with van der Waals surface area (Å²) in [5.41, 5.74) is -5.50. The predicted octanol–water partition coefficient (Wildman–Crippen LogP) is 2.80. The van der Waals surface area contributed by atoms with Gasteiger partial charge in [-0.15, -0.1) is 0 Å². The third-order valence-corrected chi connectivity index (χ3v) is 4.06. The highest BCUT2D eigenvalue weighted by Gasteiger charge is 2.52. The van der Waals surface area contributed by atoms with Crippen LogP contribution in [0.25, 0.3) is 0 Å². The van der Waals surface area contributed by atoms with Crippen LogP contribution in [0.2, 0.25) is 0 Å². The summed E-state index contributed by atoms with van der Waals surface area (Å²) in [7, 11) is -5.70. The van der Waals surface area contributed by atoms with Gasteiger partial charge in [0.05, 0.1) is 0 Å². The summed E-state index contributed by atoms with van der Waals surface area (Å²) >= 11 is 0. The van der Waals surface area contributed by atoms with Gasteiger partial charge >= 0.3 is 15.6 Å². The van der Waals surface area contributed by atoms with Crippen molar-refractivity contribution in [2.45, 2.75) is 30.7 Å². The minimum Gasteiger partial charge on any atom is -0.381 e. The molecule has 3 nitrogen and oxygen atoms in total. The average Bonchev–Trinajstić information content (AvgIpc) is 2.53. The predicted molar refractivity (Wildman–Crippen MR) is 49.9 cm³/mol. The molecule has 104 valence electrons. The van der Waals surface area contributed by atoms with Gasteiger partial charge in [-0.1, -0.05) is 0 Å². The van der Waals surface area contributed by atoms with Crippen molar-refractivity contribution in [3.63, 3.8) is 0 Å². The van der Waals surface area contributed by atoms with Crippen LogP contribution in [0.15, 0.2) is 11.8 Å². The van der Waals surface area contributed by atoms with Gasteiger partial charge < -0.3 is 4.18 Å². The van der Waals surface area contributed by atoms with Gasteiger partial charge in [-0.2, -0.15) is 21.6 Å². The van der Waals surface area contributed by atoms with E-state index in [2.05, 4.69) is 4.18 Å². The number of hydrogen-bond acceptors (Lipinski definition) is 3. The molecule has 0 amide bonds. The lowest BCUT2D eigenvalue weighted by molar-refractivity contribution is -0.0524. The molecular formula is C9H9F5O3S. The average molecular weight is 292 g/mol. The van der Waals surface area contributed by atoms with Crippen LogP contribution in [0.4, 0.5) is 22.0 Å². The molecule has 0 radical (unpaired) electrons. The number of alkyl halides is 5. The molecule has 9 heteroatoms. The standard InChI is InChI=1S/C9H9F5O3S/c10-8(11)3-5-1-7(2-6(5)4-8)17-18(15,16)9(12,13)14/h1,5-6H,2-4H2. The fourth-order valence-electron chi connectivity index (χ4n) is 2.36. The van der Waals surface area contributed by atoms with Crippen LogP contribution in [0.1, 0.15) is 19.3 Å². The van der Waals surface area contributed by atoms with Crippen LogP contribution in [0.3, 0.4) is 0 Å². The van der Waals surface area contributed by atoms with Crippen LogP contribution >= 0.6 is 0 Å². The van der Waals surface area contributed by atoms with E-state index >= 15 is 0 Å². The monoisotopic (exact) mass is 292 g/mol. The smallest absolute Gasteiger partial charge is 0.381 e. The number of hydrogen-bond donors (Lipinski definition) is 0. The maximum Gasteiger partial charge on any atom is 0.534 e. The van der Waals surface area contributed by atoms with Gasteiger partial charge in [-0.25, -0.2) is 8.78 Å². The first-order valence-electron chi connectivity index (χ1n) is 5.09. The van der Waals surface area contributed by atoms with Gasteiger partial charge in [0, 0.05) is 19.3 Å². The molecular weight excluding hydrogens is 283 g/mol. The molecule has 2 atom stereocenters. The fraction of sp³-hybridized carbons (Fsp3) is 0.778. The van der Waals surface area contributed by atoms with Gasteiger partial charge in [0.1, 0.15) is 5.76 Å². The molecule has 2 aliphatic carbocycles. The molecule has 1 fully saturated rings. The van der Waals surface area contributed by atoms with E-state index in [1.807, 2.05) is 0 Å². The van der Waals surface area contributed by atoms with E-state index in [0.29, 0.717) is 0 Å². The first kappa shape index (κ1) is 13.6. The summed E-state index contributed by atoms with van der Waals surface area (Å²) in [4.78, 5) is 0. The number of allylic oxidation sites excluding steroid dienone is 2. The van der Waals surface area contributed by atoms with Crippen molar-refractivity contribution in [1.82, 2.24) is 0 Å². The van der Waals surface area contributed by atoms with Crippen LogP contribution in [-0.2, 0) is 14.3 Å². The molecule has 1 saturated carbocycles. The normalized spacial score (nSPS) is 31.1. The summed E-state index contributed by atoms with van der Waals surface area (Å²) in [6, 6.07) is 0. The maximum atomic E-state index is 13.0. The van der Waals surface area contributed by atoms with Crippen molar-refractivity contribution < 1.29 is 34.6 Å². The van der Waals surface area contributed by atoms with Crippen molar-refractivity contribution in [2.24, 2.45) is 11.8 Å². The third-order valence-electron chi connectivity index (χ3n) is 3.06. The minimum atomic E-state index is -5.70. The Morgan fingerprint density at radius 3 is 2.39 bits per heavy atom. The van der Waals surface area contributed by atoms with Gasteiger partial charge in [-0.3, -0.25) is 0 Å². The molecule has 0 spiro atoms. The molecule has 18 heavy (non-hydrogen) atoms. The first-order chi connectivity index (χ1) is 8.00. The van der Waals surface area contributed by atoms with Crippen LogP contribution in [0, 0.1) is 11.8 Å². The Hall–Kier alpha value is -0.860. The van der Waals surface area contributed by atoms with Gasteiger partial charge in [0.15, 0.2) is 0 Å². The quantitative estimate of drug-likeness (QED) is 0.446. The largest absolute Gasteiger partial charge is 0.534 e. The summed E-state index contributed by atoms with van der Waals surface area (Å²) in [6.07, 6.45) is -0.0614. The number of rotatable bonds is 2. The molecule has 2 unspecified atom stereocenters. The van der Waals surface area contributed by atoms with E-state index in [1.165, 1.54) is 0 Å². The summed E-state index contributed by atoms with van der Waals surface area (Å²) in [6.45, 7) is 0. The van der Waals surface area contributed by atoms with Crippen molar-refractivity contribution in [1.29, 1.82) is 0 Å². The van der Waals surface area contributed by atoms with Gasteiger partial charge in [-0.05, 0) is 17.9 Å². The zero-order valence-corrected chi connectivity index (χ0v) is 9.69. The molecule has 2 rings (SSSR count). The lowest BCUT2D eigenvalue weighted by Crippen LogP contribution is -2.25. The zero-order chi connectivity index (χ0) is 13.8. The Labute approximate surface area is 99.7 Å². The molecule has 0 saturated heterocycles. The Kier molecular flexibility index (Phi) is 2.88. The fourth-order valence-corrected chi connectivity index (χ4v) is 2.86. The Morgan fingerprint density at radius 1 is 1.28 bits per heavy atom. The third kappa shape index (κ3) is 2.45. The van der Waals surface area contributed by atoms with Crippen LogP contribution < -0.4 is 0 Å². The van der Waals surface area contributed by atoms with Gasteiger partial charge in [0.2, 0.25) is 5.92 Å². The molecule has 0 heterocycles. The Morgan fingerprint density at radius 2 is 1.89 bits per heavy atom. The maximum absolute atomic E-state index is 13.0.